The van der Waals surface area contributed by atoms with Crippen LogP contribution in [0.15, 0.2) is 229 Å². The molecule has 0 aliphatic rings. The summed E-state index contributed by atoms with van der Waals surface area (Å²) in [6, 6.07) is 77.7. The third-order valence-corrected chi connectivity index (χ3v) is 14.0. The zero-order valence-electron chi connectivity index (χ0n) is 38.4. The minimum atomic E-state index is 0.595. The van der Waals surface area contributed by atoms with Gasteiger partial charge in [-0.2, -0.15) is 0 Å². The average Bonchev–Trinajstić information content (AvgIpc) is 4.00. The van der Waals surface area contributed by atoms with Gasteiger partial charge in [-0.05, 0) is 76.5 Å². The SMILES string of the molecule is c1ccc(-c2nc(-c3ccc(-c4cc5c6cccc7c(-c8nc(-c9ccccc9)nc(-c9ccccc9)n8)ccc(c76)n6c7ccccc7c(c4)c56)cc3)nc(-c3ccc4oc5ccccc5c4c3)n2)cc1. The van der Waals surface area contributed by atoms with Crippen LogP contribution in [0.3, 0.4) is 0 Å². The molecule has 0 bridgehead atoms. The molecule has 72 heavy (non-hydrogen) atoms. The quantitative estimate of drug-likeness (QED) is 0.116. The average molecular weight is 920 g/mol. The Morgan fingerprint density at radius 1 is 0.264 bits per heavy atom. The van der Waals surface area contributed by atoms with Gasteiger partial charge < -0.3 is 8.82 Å². The molecule has 8 heteroatoms. The fraction of sp³-hybridized carbons (Fsp3) is 0. The number of furan rings is 1. The summed E-state index contributed by atoms with van der Waals surface area (Å²) in [6.45, 7) is 0. The van der Waals surface area contributed by atoms with Crippen molar-refractivity contribution in [3.05, 3.63) is 224 Å². The van der Waals surface area contributed by atoms with Crippen molar-refractivity contribution < 1.29 is 4.42 Å². The molecule has 5 aromatic heterocycles. The maximum atomic E-state index is 6.16. The zero-order valence-corrected chi connectivity index (χ0v) is 38.4. The first-order valence-electron chi connectivity index (χ1n) is 24.0. The van der Waals surface area contributed by atoms with Gasteiger partial charge in [-0.3, -0.25) is 0 Å². The topological polar surface area (TPSA) is 94.9 Å². The monoisotopic (exact) mass is 919 g/mol. The summed E-state index contributed by atoms with van der Waals surface area (Å²) in [5, 5.41) is 9.03. The molecule has 0 aliphatic carbocycles. The van der Waals surface area contributed by atoms with Crippen LogP contribution in [0.4, 0.5) is 0 Å². The maximum absolute atomic E-state index is 6.16. The Balaban J connectivity index is 0.891. The van der Waals surface area contributed by atoms with E-state index in [0.717, 1.165) is 93.6 Å². The molecule has 0 fully saturated rings. The summed E-state index contributed by atoms with van der Waals surface area (Å²) in [5.41, 5.74) is 12.9. The fourth-order valence-corrected chi connectivity index (χ4v) is 10.7. The van der Waals surface area contributed by atoms with Gasteiger partial charge in [-0.1, -0.05) is 170 Å². The van der Waals surface area contributed by atoms with Gasteiger partial charge in [0, 0.05) is 65.7 Å². The Hall–Kier alpha value is -9.92. The van der Waals surface area contributed by atoms with Crippen LogP contribution in [0.5, 0.6) is 0 Å². The number of benzene rings is 10. The van der Waals surface area contributed by atoms with Gasteiger partial charge in [0.1, 0.15) is 11.2 Å². The molecular formula is C64H37N7O. The van der Waals surface area contributed by atoms with Gasteiger partial charge in [-0.15, -0.1) is 0 Å². The van der Waals surface area contributed by atoms with Crippen LogP contribution in [0.1, 0.15) is 0 Å². The van der Waals surface area contributed by atoms with Crippen LogP contribution in [-0.2, 0) is 0 Å². The third kappa shape index (κ3) is 6.33. The lowest BCUT2D eigenvalue weighted by atomic mass is 9.93. The highest BCUT2D eigenvalue weighted by Crippen LogP contribution is 2.45. The van der Waals surface area contributed by atoms with Crippen molar-refractivity contribution in [2.75, 3.05) is 0 Å². The Bertz CT molecular complexity index is 4550. The van der Waals surface area contributed by atoms with Crippen molar-refractivity contribution in [2.45, 2.75) is 0 Å². The van der Waals surface area contributed by atoms with E-state index in [0.29, 0.717) is 34.9 Å². The van der Waals surface area contributed by atoms with Gasteiger partial charge in [0.05, 0.1) is 16.6 Å². The van der Waals surface area contributed by atoms with Gasteiger partial charge in [0.2, 0.25) is 0 Å². The summed E-state index contributed by atoms with van der Waals surface area (Å²) >= 11 is 0. The van der Waals surface area contributed by atoms with Crippen molar-refractivity contribution in [3.8, 4) is 79.5 Å². The number of fused-ring (bicyclic) bond motifs is 8. The molecule has 10 aromatic carbocycles. The molecule has 0 radical (unpaired) electrons. The first-order valence-corrected chi connectivity index (χ1v) is 24.0. The Labute approximate surface area is 411 Å². The number of pyridine rings is 1. The summed E-state index contributed by atoms with van der Waals surface area (Å²) in [4.78, 5) is 30.6. The van der Waals surface area contributed by atoms with E-state index < -0.39 is 0 Å². The summed E-state index contributed by atoms with van der Waals surface area (Å²) < 4.78 is 8.61. The predicted octanol–water partition coefficient (Wildman–Crippen LogP) is 15.9. The molecule has 0 spiro atoms. The van der Waals surface area contributed by atoms with Gasteiger partial charge in [0.15, 0.2) is 34.9 Å². The largest absolute Gasteiger partial charge is 0.456 e. The van der Waals surface area contributed by atoms with Gasteiger partial charge in [-0.25, -0.2) is 29.9 Å². The first-order chi connectivity index (χ1) is 35.7. The molecule has 5 heterocycles. The summed E-state index contributed by atoms with van der Waals surface area (Å²) in [5.74, 6) is 3.69. The molecule has 334 valence electrons. The molecular weight excluding hydrogens is 883 g/mol. The summed E-state index contributed by atoms with van der Waals surface area (Å²) in [6.07, 6.45) is 0. The van der Waals surface area contributed by atoms with E-state index in [1.165, 1.54) is 21.7 Å². The van der Waals surface area contributed by atoms with Crippen molar-refractivity contribution in [3.63, 3.8) is 0 Å². The van der Waals surface area contributed by atoms with Crippen LogP contribution in [0.2, 0.25) is 0 Å². The smallest absolute Gasteiger partial charge is 0.164 e. The number of hydrogen-bond donors (Lipinski definition) is 0. The number of aromatic nitrogens is 7. The molecule has 0 atom stereocenters. The van der Waals surface area contributed by atoms with Crippen molar-refractivity contribution in [1.82, 2.24) is 34.3 Å². The standard InChI is InChI=1S/C64H37N7O/c1-4-15-39(16-5-1)59-65-62(68-63(67-59)43-31-34-56-50(35-43)46-22-11-13-26-55(46)72-56)42-29-27-38(28-30-42)44-36-51-45-21-10-12-25-53(45)71-54-33-32-49(47-23-14-24-48(57(47)54)52(37-44)58(51)71)64-69-60(40-17-6-2-7-18-40)66-61(70-64)41-19-8-3-9-20-41/h1-37H. The second-order valence-corrected chi connectivity index (χ2v) is 18.2. The highest BCUT2D eigenvalue weighted by Gasteiger charge is 2.23. The second kappa shape index (κ2) is 15.8. The van der Waals surface area contributed by atoms with Crippen molar-refractivity contribution in [1.29, 1.82) is 0 Å². The molecule has 0 saturated heterocycles. The highest BCUT2D eigenvalue weighted by molar-refractivity contribution is 6.29. The molecule has 0 saturated carbocycles. The van der Waals surface area contributed by atoms with E-state index in [1.807, 2.05) is 121 Å². The normalized spacial score (nSPS) is 11.9. The van der Waals surface area contributed by atoms with Crippen molar-refractivity contribution >= 4 is 70.8 Å². The van der Waals surface area contributed by atoms with E-state index in [-0.39, 0.29) is 0 Å². The maximum Gasteiger partial charge on any atom is 0.164 e. The van der Waals surface area contributed by atoms with Gasteiger partial charge >= 0.3 is 0 Å². The van der Waals surface area contributed by atoms with Crippen LogP contribution in [0, 0.1) is 0 Å². The fourth-order valence-electron chi connectivity index (χ4n) is 10.7. The van der Waals surface area contributed by atoms with Crippen LogP contribution >= 0.6 is 0 Å². The van der Waals surface area contributed by atoms with E-state index >= 15 is 0 Å². The second-order valence-electron chi connectivity index (χ2n) is 18.2. The molecule has 0 aliphatic heterocycles. The number of para-hydroxylation sites is 2. The van der Waals surface area contributed by atoms with Crippen LogP contribution in [0.25, 0.3) is 150 Å². The lowest BCUT2D eigenvalue weighted by Crippen LogP contribution is -2.01. The minimum Gasteiger partial charge on any atom is -0.456 e. The molecule has 8 nitrogen and oxygen atoms in total. The van der Waals surface area contributed by atoms with E-state index in [4.69, 9.17) is 34.3 Å². The summed E-state index contributed by atoms with van der Waals surface area (Å²) in [7, 11) is 0. The molecule has 0 N–H and O–H groups in total. The zero-order chi connectivity index (χ0) is 47.3. The van der Waals surface area contributed by atoms with E-state index in [2.05, 4.69) is 108 Å². The van der Waals surface area contributed by atoms with E-state index in [1.54, 1.807) is 0 Å². The highest BCUT2D eigenvalue weighted by atomic mass is 16.3. The lowest BCUT2D eigenvalue weighted by molar-refractivity contribution is 0.669. The lowest BCUT2D eigenvalue weighted by Gasteiger charge is -2.16. The predicted molar refractivity (Wildman–Crippen MR) is 291 cm³/mol. The minimum absolute atomic E-state index is 0.595. The molecule has 0 unspecified atom stereocenters. The molecule has 15 aromatic rings. The number of nitrogens with zero attached hydrogens (tertiary/aromatic N) is 7. The number of hydrogen-bond acceptors (Lipinski definition) is 7. The Morgan fingerprint density at radius 3 is 1.38 bits per heavy atom. The molecule has 15 rings (SSSR count). The Morgan fingerprint density at radius 2 is 0.722 bits per heavy atom. The Kier molecular flexibility index (Phi) is 8.79. The van der Waals surface area contributed by atoms with E-state index in [9.17, 15) is 0 Å². The third-order valence-electron chi connectivity index (χ3n) is 14.0. The van der Waals surface area contributed by atoms with Crippen molar-refractivity contribution in [2.24, 2.45) is 0 Å². The number of rotatable bonds is 7. The van der Waals surface area contributed by atoms with Crippen LogP contribution in [-0.4, -0.2) is 34.3 Å². The molecule has 0 amide bonds. The first kappa shape index (κ1) is 40.0. The van der Waals surface area contributed by atoms with Crippen LogP contribution < -0.4 is 0 Å². The van der Waals surface area contributed by atoms with Gasteiger partial charge in [0.25, 0.3) is 0 Å².